The minimum absolute atomic E-state index is 0.0951. The molecule has 32 heavy (non-hydrogen) atoms. The van der Waals surface area contributed by atoms with E-state index in [9.17, 15) is 9.59 Å². The number of hydrogen-bond acceptors (Lipinski definition) is 6. The summed E-state index contributed by atoms with van der Waals surface area (Å²) in [5.41, 5.74) is 0.873. The van der Waals surface area contributed by atoms with E-state index in [0.29, 0.717) is 31.6 Å². The highest BCUT2D eigenvalue weighted by Gasteiger charge is 2.17. The second-order valence-electron chi connectivity index (χ2n) is 7.66. The zero-order valence-corrected chi connectivity index (χ0v) is 18.6. The summed E-state index contributed by atoms with van der Waals surface area (Å²) in [5.74, 6) is 0.733. The summed E-state index contributed by atoms with van der Waals surface area (Å²) in [7, 11) is 0. The number of benzene rings is 1. The molecular weight excluding hydrogens is 432 g/mol. The van der Waals surface area contributed by atoms with E-state index in [-0.39, 0.29) is 23.0 Å². The van der Waals surface area contributed by atoms with Gasteiger partial charge < -0.3 is 4.98 Å². The number of H-pyrrole nitrogens is 1. The molecule has 0 bridgehead atoms. The predicted octanol–water partition coefficient (Wildman–Crippen LogP) is 2.40. The summed E-state index contributed by atoms with van der Waals surface area (Å²) < 4.78 is 4.49. The quantitative estimate of drug-likeness (QED) is 0.289. The fraction of sp³-hybridized carbons (Fsp3) is 0.429. The Labute approximate surface area is 188 Å². The van der Waals surface area contributed by atoms with Gasteiger partial charge in [0, 0.05) is 26.1 Å². The van der Waals surface area contributed by atoms with Crippen LogP contribution in [-0.4, -0.2) is 39.3 Å². The smallest absolute Gasteiger partial charge is 0.323 e. The molecular formula is C21H25ClN8O2. The number of tetrazole rings is 1. The van der Waals surface area contributed by atoms with Crippen LogP contribution < -0.4 is 11.2 Å². The fourth-order valence-corrected chi connectivity index (χ4v) is 3.91. The molecule has 0 spiro atoms. The molecule has 0 radical (unpaired) electrons. The Kier molecular flexibility index (Phi) is 6.79. The number of aryl methyl sites for hydroxylation is 2. The number of nitrogens with one attached hydrogen (secondary N) is 1. The molecule has 1 aromatic carbocycles. The molecule has 4 rings (SSSR count). The lowest BCUT2D eigenvalue weighted by Gasteiger charge is -2.11. The summed E-state index contributed by atoms with van der Waals surface area (Å²) in [4.78, 5) is 33.0. The molecule has 0 fully saturated rings. The number of unbranched alkanes of at least 4 members (excludes halogenated alkanes) is 2. The van der Waals surface area contributed by atoms with E-state index in [2.05, 4.69) is 32.4 Å². The van der Waals surface area contributed by atoms with Crippen molar-refractivity contribution in [1.82, 2.24) is 39.3 Å². The number of hydrogen-bond donors (Lipinski definition) is 1. The second kappa shape index (κ2) is 9.90. The van der Waals surface area contributed by atoms with Crippen molar-refractivity contribution in [2.75, 3.05) is 0 Å². The highest BCUT2D eigenvalue weighted by Crippen LogP contribution is 2.11. The lowest BCUT2D eigenvalue weighted by atomic mass is 10.1. The van der Waals surface area contributed by atoms with Crippen LogP contribution in [0.5, 0.6) is 0 Å². The van der Waals surface area contributed by atoms with Crippen LogP contribution >= 0.6 is 11.6 Å². The first-order chi connectivity index (χ1) is 15.6. The van der Waals surface area contributed by atoms with Crippen molar-refractivity contribution in [3.05, 3.63) is 67.8 Å². The maximum Gasteiger partial charge on any atom is 0.332 e. The van der Waals surface area contributed by atoms with Crippen LogP contribution in [0.1, 0.15) is 44.0 Å². The van der Waals surface area contributed by atoms with Gasteiger partial charge in [0.05, 0.1) is 0 Å². The standard InChI is InChI=1S/C21H25ClN8O2/c1-2-3-7-11-28-18-17(23-20(22)24-18)19(31)29(21(28)32)12-8-13-30-16(25-26-27-30)14-15-9-5-4-6-10-15/h4-6,9-10H,2-3,7-8,11-14H2,1H3,(H,23,24). The van der Waals surface area contributed by atoms with E-state index in [1.807, 2.05) is 30.3 Å². The second-order valence-corrected chi connectivity index (χ2v) is 8.02. The van der Waals surface area contributed by atoms with Crippen molar-refractivity contribution in [2.24, 2.45) is 0 Å². The van der Waals surface area contributed by atoms with Gasteiger partial charge in [0.1, 0.15) is 0 Å². The highest BCUT2D eigenvalue weighted by atomic mass is 35.5. The highest BCUT2D eigenvalue weighted by molar-refractivity contribution is 6.28. The van der Waals surface area contributed by atoms with Crippen molar-refractivity contribution in [3.8, 4) is 0 Å². The zero-order valence-electron chi connectivity index (χ0n) is 17.9. The summed E-state index contributed by atoms with van der Waals surface area (Å²) in [6.07, 6.45) is 3.95. The Morgan fingerprint density at radius 2 is 1.78 bits per heavy atom. The molecule has 0 unspecified atom stereocenters. The van der Waals surface area contributed by atoms with Crippen molar-refractivity contribution in [3.63, 3.8) is 0 Å². The van der Waals surface area contributed by atoms with Crippen LogP contribution in [0.3, 0.4) is 0 Å². The lowest BCUT2D eigenvalue weighted by molar-refractivity contribution is 0.474. The Balaban J connectivity index is 1.53. The van der Waals surface area contributed by atoms with Crippen molar-refractivity contribution in [1.29, 1.82) is 0 Å². The first kappa shape index (κ1) is 21.9. The minimum atomic E-state index is -0.419. The van der Waals surface area contributed by atoms with E-state index >= 15 is 0 Å². The molecule has 10 nitrogen and oxygen atoms in total. The average Bonchev–Trinajstić information content (AvgIpc) is 3.40. The van der Waals surface area contributed by atoms with Crippen LogP contribution in [0.4, 0.5) is 0 Å². The number of nitrogens with zero attached hydrogens (tertiary/aromatic N) is 7. The molecule has 0 saturated carbocycles. The van der Waals surface area contributed by atoms with Crippen LogP contribution in [0.2, 0.25) is 5.28 Å². The van der Waals surface area contributed by atoms with E-state index in [4.69, 9.17) is 11.6 Å². The molecule has 0 aliphatic rings. The number of fused-ring (bicyclic) bond motifs is 1. The number of halogens is 1. The molecule has 3 aromatic heterocycles. The third-order valence-electron chi connectivity index (χ3n) is 5.38. The molecule has 0 atom stereocenters. The van der Waals surface area contributed by atoms with Gasteiger partial charge >= 0.3 is 5.69 Å². The molecule has 0 aliphatic carbocycles. The van der Waals surface area contributed by atoms with Crippen LogP contribution in [-0.2, 0) is 26.1 Å². The van der Waals surface area contributed by atoms with Crippen molar-refractivity contribution in [2.45, 2.75) is 58.7 Å². The fourth-order valence-electron chi connectivity index (χ4n) is 3.74. The number of imidazole rings is 1. The summed E-state index contributed by atoms with van der Waals surface area (Å²) in [6.45, 7) is 3.30. The van der Waals surface area contributed by atoms with E-state index in [1.54, 1.807) is 4.68 Å². The van der Waals surface area contributed by atoms with Gasteiger partial charge in [-0.15, -0.1) is 5.10 Å². The minimum Gasteiger partial charge on any atom is -0.323 e. The van der Waals surface area contributed by atoms with Crippen molar-refractivity contribution < 1.29 is 0 Å². The third kappa shape index (κ3) is 4.64. The molecule has 4 aromatic rings. The Bertz CT molecular complexity index is 1310. The Morgan fingerprint density at radius 3 is 2.56 bits per heavy atom. The van der Waals surface area contributed by atoms with Crippen LogP contribution in [0.25, 0.3) is 11.2 Å². The SMILES string of the molecule is CCCCCn1c(=O)n(CCCn2nnnc2Cc2ccccc2)c(=O)c2[nH]c(Cl)nc21. The maximum atomic E-state index is 13.1. The maximum absolute atomic E-state index is 13.1. The average molecular weight is 457 g/mol. The number of aromatic amines is 1. The van der Waals surface area contributed by atoms with Gasteiger partial charge in [0.2, 0.25) is 5.28 Å². The van der Waals surface area contributed by atoms with Crippen LogP contribution in [0.15, 0.2) is 39.9 Å². The van der Waals surface area contributed by atoms with Crippen LogP contribution in [0, 0.1) is 0 Å². The molecule has 3 heterocycles. The van der Waals surface area contributed by atoms with Gasteiger partial charge in [-0.2, -0.15) is 4.98 Å². The molecule has 0 saturated heterocycles. The predicted molar refractivity (Wildman–Crippen MR) is 121 cm³/mol. The van der Waals surface area contributed by atoms with E-state index < -0.39 is 5.56 Å². The lowest BCUT2D eigenvalue weighted by Crippen LogP contribution is -2.40. The monoisotopic (exact) mass is 456 g/mol. The molecule has 168 valence electrons. The van der Waals surface area contributed by atoms with Gasteiger partial charge in [-0.1, -0.05) is 50.1 Å². The van der Waals surface area contributed by atoms with E-state index in [1.165, 1.54) is 9.13 Å². The van der Waals surface area contributed by atoms with Crippen molar-refractivity contribution >= 4 is 22.8 Å². The summed E-state index contributed by atoms with van der Waals surface area (Å²) >= 11 is 5.99. The largest absolute Gasteiger partial charge is 0.332 e. The topological polar surface area (TPSA) is 116 Å². The zero-order chi connectivity index (χ0) is 22.5. The van der Waals surface area contributed by atoms with Gasteiger partial charge in [0.15, 0.2) is 17.0 Å². The normalized spacial score (nSPS) is 11.4. The Hall–Kier alpha value is -3.27. The first-order valence-electron chi connectivity index (χ1n) is 10.8. The van der Waals surface area contributed by atoms with Gasteiger partial charge in [-0.25, -0.2) is 9.48 Å². The molecule has 0 amide bonds. The Morgan fingerprint density at radius 1 is 1.00 bits per heavy atom. The third-order valence-corrected chi connectivity index (χ3v) is 5.56. The molecule has 11 heteroatoms. The number of aromatic nitrogens is 8. The number of rotatable bonds is 10. The summed E-state index contributed by atoms with van der Waals surface area (Å²) in [5, 5.41) is 12.0. The molecule has 0 aliphatic heterocycles. The van der Waals surface area contributed by atoms with Gasteiger partial charge in [-0.05, 0) is 40.4 Å². The van der Waals surface area contributed by atoms with Gasteiger partial charge in [0.25, 0.3) is 5.56 Å². The summed E-state index contributed by atoms with van der Waals surface area (Å²) in [6, 6.07) is 9.94. The molecule has 1 N–H and O–H groups in total. The first-order valence-corrected chi connectivity index (χ1v) is 11.1. The van der Waals surface area contributed by atoms with Gasteiger partial charge in [-0.3, -0.25) is 13.9 Å². The van der Waals surface area contributed by atoms with E-state index in [0.717, 1.165) is 30.7 Å².